The first-order valence-electron chi connectivity index (χ1n) is 4.17. The molecule has 0 radical (unpaired) electrons. The maximum absolute atomic E-state index is 10.8. The minimum absolute atomic E-state index is 0.302. The summed E-state index contributed by atoms with van der Waals surface area (Å²) >= 11 is 0. The Bertz CT molecular complexity index is 428. The lowest BCUT2D eigenvalue weighted by molar-refractivity contribution is -0.385. The Balaban J connectivity index is 3.49. The van der Waals surface area contributed by atoms with Gasteiger partial charge in [0, 0.05) is 18.3 Å². The smallest absolute Gasteiger partial charge is 0.342 e. The quantitative estimate of drug-likeness (QED) is 0.584. The normalized spacial score (nSPS) is 9.73. The number of hydrogen-bond acceptors (Lipinski definition) is 4. The zero-order valence-corrected chi connectivity index (χ0v) is 8.27. The molecule has 1 rings (SSSR count). The summed E-state index contributed by atoms with van der Waals surface area (Å²) in [6.45, 7) is 1.51. The molecule has 6 nitrogen and oxygen atoms in total. The van der Waals surface area contributed by atoms with Gasteiger partial charge in [-0.2, -0.15) is 0 Å². The van der Waals surface area contributed by atoms with Crippen LogP contribution in [0.4, 0.5) is 11.4 Å². The van der Waals surface area contributed by atoms with Crippen LogP contribution in [0.25, 0.3) is 0 Å². The Morgan fingerprint density at radius 3 is 2.53 bits per heavy atom. The monoisotopic (exact) mass is 210 g/mol. The van der Waals surface area contributed by atoms with Crippen molar-refractivity contribution in [1.82, 2.24) is 0 Å². The summed E-state index contributed by atoms with van der Waals surface area (Å²) in [6, 6.07) is 2.78. The van der Waals surface area contributed by atoms with E-state index in [-0.39, 0.29) is 11.3 Å². The van der Waals surface area contributed by atoms with Crippen molar-refractivity contribution in [2.45, 2.75) is 6.92 Å². The van der Waals surface area contributed by atoms with Gasteiger partial charge in [0.15, 0.2) is 0 Å². The molecule has 6 heteroatoms. The average molecular weight is 210 g/mol. The van der Waals surface area contributed by atoms with Gasteiger partial charge in [-0.1, -0.05) is 0 Å². The van der Waals surface area contributed by atoms with Gasteiger partial charge < -0.3 is 10.4 Å². The number of anilines is 1. The molecule has 0 aliphatic carbocycles. The Kier molecular flexibility index (Phi) is 2.89. The number of nitro benzene ring substituents is 1. The molecular formula is C9H10N2O4. The van der Waals surface area contributed by atoms with Crippen molar-refractivity contribution in [2.24, 2.45) is 0 Å². The van der Waals surface area contributed by atoms with E-state index < -0.39 is 10.9 Å². The Hall–Kier alpha value is -2.11. The van der Waals surface area contributed by atoms with Crippen LogP contribution < -0.4 is 5.32 Å². The van der Waals surface area contributed by atoms with Crippen LogP contribution in [0.15, 0.2) is 12.1 Å². The predicted molar refractivity (Wildman–Crippen MR) is 54.3 cm³/mol. The van der Waals surface area contributed by atoms with Gasteiger partial charge in [0.2, 0.25) is 0 Å². The predicted octanol–water partition coefficient (Wildman–Crippen LogP) is 1.64. The van der Waals surface area contributed by atoms with Crippen molar-refractivity contribution >= 4 is 17.3 Å². The topological polar surface area (TPSA) is 92.5 Å². The van der Waals surface area contributed by atoms with Gasteiger partial charge in [0.25, 0.3) is 5.69 Å². The van der Waals surface area contributed by atoms with Crippen LogP contribution in [0.5, 0.6) is 0 Å². The van der Waals surface area contributed by atoms with E-state index in [0.717, 1.165) is 0 Å². The Morgan fingerprint density at radius 1 is 1.53 bits per heavy atom. The van der Waals surface area contributed by atoms with Gasteiger partial charge in [-0.3, -0.25) is 10.1 Å². The molecule has 0 heterocycles. The van der Waals surface area contributed by atoms with E-state index >= 15 is 0 Å². The minimum Gasteiger partial charge on any atom is -0.477 e. The Labute approximate surface area is 85.7 Å². The molecule has 0 aromatic heterocycles. The second kappa shape index (κ2) is 3.95. The van der Waals surface area contributed by atoms with Gasteiger partial charge in [-0.25, -0.2) is 4.79 Å². The largest absolute Gasteiger partial charge is 0.477 e. The van der Waals surface area contributed by atoms with Crippen LogP contribution in [0.1, 0.15) is 15.9 Å². The fraction of sp³-hybridized carbons (Fsp3) is 0.222. The number of carbonyl (C=O) groups is 1. The second-order valence-electron chi connectivity index (χ2n) is 3.00. The number of nitrogens with one attached hydrogen (secondary N) is 1. The van der Waals surface area contributed by atoms with Crippen molar-refractivity contribution in [2.75, 3.05) is 12.4 Å². The molecule has 0 unspecified atom stereocenters. The number of nitro groups is 1. The summed E-state index contributed by atoms with van der Waals surface area (Å²) in [4.78, 5) is 20.8. The third kappa shape index (κ3) is 2.04. The fourth-order valence-corrected chi connectivity index (χ4v) is 1.33. The lowest BCUT2D eigenvalue weighted by atomic mass is 10.1. The SMILES string of the molecule is CNc1cc(C)c([N+](=O)[O-])c(C(=O)O)c1. The molecule has 0 fully saturated rings. The van der Waals surface area contributed by atoms with Gasteiger partial charge >= 0.3 is 5.97 Å². The van der Waals surface area contributed by atoms with Gasteiger partial charge in [0.05, 0.1) is 4.92 Å². The molecule has 0 saturated heterocycles. The molecule has 0 bridgehead atoms. The standard InChI is InChI=1S/C9H10N2O4/c1-5-3-6(10-2)4-7(9(12)13)8(5)11(14)15/h3-4,10H,1-2H3,(H,12,13). The first-order chi connectivity index (χ1) is 6.97. The zero-order chi connectivity index (χ0) is 11.6. The van der Waals surface area contributed by atoms with Crippen molar-refractivity contribution in [3.05, 3.63) is 33.4 Å². The molecule has 1 aromatic rings. The lowest BCUT2D eigenvalue weighted by Gasteiger charge is -2.05. The van der Waals surface area contributed by atoms with E-state index in [0.29, 0.717) is 11.3 Å². The fourth-order valence-electron chi connectivity index (χ4n) is 1.33. The number of nitrogens with zero attached hydrogens (tertiary/aromatic N) is 1. The van der Waals surface area contributed by atoms with Gasteiger partial charge in [0.1, 0.15) is 5.56 Å². The number of hydrogen-bond donors (Lipinski definition) is 2. The molecule has 80 valence electrons. The highest BCUT2D eigenvalue weighted by Crippen LogP contribution is 2.27. The van der Waals surface area contributed by atoms with Crippen molar-refractivity contribution in [1.29, 1.82) is 0 Å². The number of carboxylic acids is 1. The van der Waals surface area contributed by atoms with E-state index in [4.69, 9.17) is 5.11 Å². The highest BCUT2D eigenvalue weighted by atomic mass is 16.6. The number of benzene rings is 1. The number of rotatable bonds is 3. The van der Waals surface area contributed by atoms with Crippen LogP contribution in [-0.4, -0.2) is 23.0 Å². The van der Waals surface area contributed by atoms with Crippen molar-refractivity contribution in [3.63, 3.8) is 0 Å². The summed E-state index contributed by atoms with van der Waals surface area (Å²) in [5.74, 6) is -1.30. The maximum Gasteiger partial charge on any atom is 0.342 e. The minimum atomic E-state index is -1.30. The molecule has 1 aromatic carbocycles. The lowest BCUT2D eigenvalue weighted by Crippen LogP contribution is -2.05. The van der Waals surface area contributed by atoms with E-state index in [9.17, 15) is 14.9 Å². The summed E-state index contributed by atoms with van der Waals surface area (Å²) < 4.78 is 0. The number of aromatic carboxylic acids is 1. The second-order valence-corrected chi connectivity index (χ2v) is 3.00. The van der Waals surface area contributed by atoms with E-state index in [1.54, 1.807) is 7.05 Å². The molecule has 0 amide bonds. The first kappa shape index (κ1) is 11.0. The molecule has 0 aliphatic heterocycles. The highest BCUT2D eigenvalue weighted by Gasteiger charge is 2.23. The third-order valence-electron chi connectivity index (χ3n) is 2.00. The van der Waals surface area contributed by atoms with Gasteiger partial charge in [-0.05, 0) is 19.1 Å². The number of carboxylic acid groups (broad SMARTS) is 1. The first-order valence-corrected chi connectivity index (χ1v) is 4.17. The van der Waals surface area contributed by atoms with E-state index in [1.807, 2.05) is 0 Å². The average Bonchev–Trinajstić information content (AvgIpc) is 2.15. The van der Waals surface area contributed by atoms with Crippen LogP contribution in [-0.2, 0) is 0 Å². The van der Waals surface area contributed by atoms with Crippen molar-refractivity contribution < 1.29 is 14.8 Å². The highest BCUT2D eigenvalue weighted by molar-refractivity contribution is 5.94. The molecule has 15 heavy (non-hydrogen) atoms. The molecule has 2 N–H and O–H groups in total. The third-order valence-corrected chi connectivity index (χ3v) is 2.00. The molecule has 0 spiro atoms. The van der Waals surface area contributed by atoms with Crippen LogP contribution in [0.2, 0.25) is 0 Å². The molecule has 0 atom stereocenters. The molecule has 0 saturated carbocycles. The summed E-state index contributed by atoms with van der Waals surface area (Å²) in [7, 11) is 1.62. The zero-order valence-electron chi connectivity index (χ0n) is 8.27. The molecule has 0 aliphatic rings. The summed E-state index contributed by atoms with van der Waals surface area (Å²) in [5, 5.41) is 22.2. The summed E-state index contributed by atoms with van der Waals surface area (Å²) in [5.41, 5.74) is 0.200. The van der Waals surface area contributed by atoms with Crippen LogP contribution in [0.3, 0.4) is 0 Å². The van der Waals surface area contributed by atoms with Crippen LogP contribution in [0, 0.1) is 17.0 Å². The van der Waals surface area contributed by atoms with Crippen LogP contribution >= 0.6 is 0 Å². The number of aryl methyl sites for hydroxylation is 1. The van der Waals surface area contributed by atoms with E-state index in [2.05, 4.69) is 5.32 Å². The summed E-state index contributed by atoms with van der Waals surface area (Å²) in [6.07, 6.45) is 0. The van der Waals surface area contributed by atoms with Gasteiger partial charge in [-0.15, -0.1) is 0 Å². The van der Waals surface area contributed by atoms with E-state index in [1.165, 1.54) is 19.1 Å². The maximum atomic E-state index is 10.8. The molecular weight excluding hydrogens is 200 g/mol. The van der Waals surface area contributed by atoms with Crippen molar-refractivity contribution in [3.8, 4) is 0 Å². The Morgan fingerprint density at radius 2 is 2.13 bits per heavy atom.